The molecule has 6 nitrogen and oxygen atoms in total. The second kappa shape index (κ2) is 5.57. The fourth-order valence-electron chi connectivity index (χ4n) is 2.46. The first-order chi connectivity index (χ1) is 9.31. The van der Waals surface area contributed by atoms with Gasteiger partial charge in [-0.1, -0.05) is 0 Å². The molecule has 1 saturated heterocycles. The molecule has 1 aliphatic heterocycles. The maximum atomic E-state index is 12.6. The Balaban J connectivity index is 2.33. The number of halogens is 1. The highest BCUT2D eigenvalue weighted by atomic mass is 79.9. The number of hydrogen-bond acceptors (Lipinski definition) is 3. The lowest BCUT2D eigenvalue weighted by Gasteiger charge is -2.22. The summed E-state index contributed by atoms with van der Waals surface area (Å²) in [4.78, 5) is 25.0. The van der Waals surface area contributed by atoms with Crippen molar-refractivity contribution in [3.63, 3.8) is 0 Å². The molecule has 20 heavy (non-hydrogen) atoms. The summed E-state index contributed by atoms with van der Waals surface area (Å²) < 4.78 is 2.55. The largest absolute Gasteiger partial charge is 0.480 e. The van der Waals surface area contributed by atoms with Crippen LogP contribution in [-0.4, -0.2) is 50.2 Å². The Kier molecular flexibility index (Phi) is 4.19. The summed E-state index contributed by atoms with van der Waals surface area (Å²) in [5.74, 6) is -1.45. The fraction of sp³-hybridized carbons (Fsp3) is 0.538. The number of hydrogen-bond donors (Lipinski definition) is 2. The van der Waals surface area contributed by atoms with Crippen LogP contribution < -0.4 is 0 Å². The summed E-state index contributed by atoms with van der Waals surface area (Å²) in [6.45, 7) is 3.93. The van der Waals surface area contributed by atoms with Gasteiger partial charge >= 0.3 is 5.97 Å². The van der Waals surface area contributed by atoms with E-state index in [-0.39, 0.29) is 24.9 Å². The van der Waals surface area contributed by atoms with Crippen molar-refractivity contribution in [1.29, 1.82) is 0 Å². The van der Waals surface area contributed by atoms with Crippen LogP contribution in [-0.2, 0) is 4.79 Å². The Morgan fingerprint density at radius 1 is 1.45 bits per heavy atom. The van der Waals surface area contributed by atoms with Crippen LogP contribution in [0.15, 0.2) is 16.7 Å². The Bertz CT molecular complexity index is 540. The first kappa shape index (κ1) is 15.1. The van der Waals surface area contributed by atoms with Gasteiger partial charge in [-0.25, -0.2) is 4.79 Å². The van der Waals surface area contributed by atoms with Gasteiger partial charge in [-0.15, -0.1) is 0 Å². The molecule has 7 heteroatoms. The average Bonchev–Trinajstić information content (AvgIpc) is 2.91. The second-order valence-corrected chi connectivity index (χ2v) is 6.16. The van der Waals surface area contributed by atoms with E-state index >= 15 is 0 Å². The zero-order chi connectivity index (χ0) is 15.0. The van der Waals surface area contributed by atoms with Crippen LogP contribution in [0.25, 0.3) is 0 Å². The van der Waals surface area contributed by atoms with Crippen molar-refractivity contribution in [2.24, 2.45) is 0 Å². The highest BCUT2D eigenvalue weighted by Crippen LogP contribution is 2.25. The number of likely N-dealkylation sites (tertiary alicyclic amines) is 1. The maximum absolute atomic E-state index is 12.6. The van der Waals surface area contributed by atoms with Gasteiger partial charge in [0.2, 0.25) is 0 Å². The van der Waals surface area contributed by atoms with Gasteiger partial charge < -0.3 is 19.7 Å². The van der Waals surface area contributed by atoms with Crippen LogP contribution in [0, 0.1) is 0 Å². The molecule has 0 radical (unpaired) electrons. The molecule has 0 aliphatic carbocycles. The smallest absolute Gasteiger partial charge is 0.326 e. The number of aliphatic hydroxyl groups excluding tert-OH is 1. The van der Waals surface area contributed by atoms with Gasteiger partial charge in [-0.3, -0.25) is 4.79 Å². The molecule has 0 saturated carbocycles. The normalized spacial score (nSPS) is 22.6. The minimum atomic E-state index is -1.09. The van der Waals surface area contributed by atoms with Crippen LogP contribution >= 0.6 is 15.9 Å². The molecule has 0 aromatic carbocycles. The zero-order valence-corrected chi connectivity index (χ0v) is 12.9. The summed E-state index contributed by atoms with van der Waals surface area (Å²) in [6.07, 6.45) is 1.08. The predicted octanol–water partition coefficient (Wildman–Crippen LogP) is 1.49. The Morgan fingerprint density at radius 3 is 2.65 bits per heavy atom. The average molecular weight is 345 g/mol. The van der Waals surface area contributed by atoms with E-state index in [1.807, 2.05) is 13.8 Å². The van der Waals surface area contributed by atoms with Crippen molar-refractivity contribution >= 4 is 27.8 Å². The summed E-state index contributed by atoms with van der Waals surface area (Å²) in [7, 11) is 0. The molecule has 1 aromatic rings. The van der Waals surface area contributed by atoms with Crippen LogP contribution in [0.4, 0.5) is 0 Å². The van der Waals surface area contributed by atoms with Crippen molar-refractivity contribution in [2.75, 3.05) is 6.54 Å². The van der Waals surface area contributed by atoms with Crippen molar-refractivity contribution in [1.82, 2.24) is 9.47 Å². The standard InChI is InChI=1S/C13H17BrN2O4/c1-7(2)15-5-8(14)3-10(15)12(18)16-6-9(17)4-11(16)13(19)20/h3,5,7,9,11,17H,4,6H2,1-2H3,(H,19,20)/t9?,11-/m0/s1. The van der Waals surface area contributed by atoms with E-state index in [0.29, 0.717) is 5.69 Å². The summed E-state index contributed by atoms with van der Waals surface area (Å²) >= 11 is 3.33. The van der Waals surface area contributed by atoms with Gasteiger partial charge in [-0.2, -0.15) is 0 Å². The van der Waals surface area contributed by atoms with Crippen LogP contribution in [0.1, 0.15) is 36.8 Å². The number of rotatable bonds is 3. The molecule has 1 amide bonds. The van der Waals surface area contributed by atoms with Crippen molar-refractivity contribution < 1.29 is 19.8 Å². The Labute approximate surface area is 125 Å². The van der Waals surface area contributed by atoms with Crippen molar-refractivity contribution in [2.45, 2.75) is 38.5 Å². The van der Waals surface area contributed by atoms with E-state index in [2.05, 4.69) is 15.9 Å². The third kappa shape index (κ3) is 2.73. The first-order valence-corrected chi connectivity index (χ1v) is 7.19. The van der Waals surface area contributed by atoms with E-state index in [1.54, 1.807) is 16.8 Å². The number of aliphatic carboxylic acids is 1. The molecule has 1 aromatic heterocycles. The molecule has 2 heterocycles. The molecule has 1 fully saturated rings. The molecule has 2 rings (SSSR count). The lowest BCUT2D eigenvalue weighted by Crippen LogP contribution is -2.41. The first-order valence-electron chi connectivity index (χ1n) is 6.40. The molecule has 110 valence electrons. The summed E-state index contributed by atoms with van der Waals surface area (Å²) in [6, 6.07) is 0.786. The Morgan fingerprint density at radius 2 is 2.10 bits per heavy atom. The quantitative estimate of drug-likeness (QED) is 0.870. The lowest BCUT2D eigenvalue weighted by molar-refractivity contribution is -0.141. The Hall–Kier alpha value is -1.34. The van der Waals surface area contributed by atoms with Gasteiger partial charge in [0.15, 0.2) is 0 Å². The molecule has 2 N–H and O–H groups in total. The topological polar surface area (TPSA) is 82.8 Å². The maximum Gasteiger partial charge on any atom is 0.326 e. The molecule has 2 atom stereocenters. The predicted molar refractivity (Wildman–Crippen MR) is 75.6 cm³/mol. The molecule has 0 bridgehead atoms. The van der Waals surface area contributed by atoms with E-state index in [4.69, 9.17) is 5.11 Å². The number of nitrogens with zero attached hydrogens (tertiary/aromatic N) is 2. The van der Waals surface area contributed by atoms with Crippen LogP contribution in [0.5, 0.6) is 0 Å². The number of carbonyl (C=O) groups is 2. The van der Waals surface area contributed by atoms with E-state index in [1.165, 1.54) is 4.90 Å². The van der Waals surface area contributed by atoms with Crippen molar-refractivity contribution in [3.8, 4) is 0 Å². The third-order valence-electron chi connectivity index (χ3n) is 3.42. The lowest BCUT2D eigenvalue weighted by atomic mass is 10.2. The van der Waals surface area contributed by atoms with Gasteiger partial charge in [0, 0.05) is 29.7 Å². The zero-order valence-electron chi connectivity index (χ0n) is 11.3. The minimum absolute atomic E-state index is 0.0523. The number of carbonyl (C=O) groups excluding carboxylic acids is 1. The third-order valence-corrected chi connectivity index (χ3v) is 3.85. The van der Waals surface area contributed by atoms with Crippen molar-refractivity contribution in [3.05, 3.63) is 22.4 Å². The fourth-order valence-corrected chi connectivity index (χ4v) is 2.90. The number of aliphatic hydroxyl groups is 1. The minimum Gasteiger partial charge on any atom is -0.480 e. The van der Waals surface area contributed by atoms with Gasteiger partial charge in [0.1, 0.15) is 11.7 Å². The van der Waals surface area contributed by atoms with Crippen LogP contribution in [0.3, 0.4) is 0 Å². The molecule has 1 aliphatic rings. The van der Waals surface area contributed by atoms with E-state index in [9.17, 15) is 14.7 Å². The second-order valence-electron chi connectivity index (χ2n) is 5.25. The van der Waals surface area contributed by atoms with E-state index in [0.717, 1.165) is 4.47 Å². The summed E-state index contributed by atoms with van der Waals surface area (Å²) in [5.41, 5.74) is 0.423. The van der Waals surface area contributed by atoms with Crippen LogP contribution in [0.2, 0.25) is 0 Å². The van der Waals surface area contributed by atoms with Gasteiger partial charge in [0.05, 0.1) is 6.10 Å². The molecular weight excluding hydrogens is 328 g/mol. The number of carboxylic acid groups (broad SMARTS) is 1. The number of aromatic nitrogens is 1. The summed E-state index contributed by atoms with van der Waals surface area (Å²) in [5, 5.41) is 18.8. The monoisotopic (exact) mass is 344 g/mol. The molecule has 0 spiro atoms. The number of amides is 1. The molecule has 1 unspecified atom stereocenters. The van der Waals surface area contributed by atoms with Gasteiger partial charge in [0.25, 0.3) is 5.91 Å². The SMILES string of the molecule is CC(C)n1cc(Br)cc1C(=O)N1CC(O)C[C@H]1C(=O)O. The number of β-amino-alcohol motifs (C(OH)–C–C–N with tert-alkyl or cyclic N) is 1. The highest BCUT2D eigenvalue weighted by molar-refractivity contribution is 9.10. The van der Waals surface area contributed by atoms with Gasteiger partial charge in [-0.05, 0) is 35.8 Å². The van der Waals surface area contributed by atoms with E-state index < -0.39 is 18.1 Å². The number of carboxylic acids is 1. The molecular formula is C13H17BrN2O4. The highest BCUT2D eigenvalue weighted by Gasteiger charge is 2.40.